The monoisotopic (exact) mass is 367 g/mol. The van der Waals surface area contributed by atoms with Crippen molar-refractivity contribution in [3.8, 4) is 17.2 Å². The highest BCUT2D eigenvalue weighted by Gasteiger charge is 2.08. The van der Waals surface area contributed by atoms with Crippen LogP contribution in [-0.2, 0) is 13.0 Å². The number of rotatable bonds is 5. The molecule has 5 nitrogen and oxygen atoms in total. The van der Waals surface area contributed by atoms with Crippen molar-refractivity contribution >= 4 is 11.5 Å². The average molecular weight is 367 g/mol. The lowest BCUT2D eigenvalue weighted by Crippen LogP contribution is -2.07. The predicted molar refractivity (Wildman–Crippen MR) is 111 cm³/mol. The first-order valence-corrected chi connectivity index (χ1v) is 9.36. The topological polar surface area (TPSA) is 66.0 Å². The minimum atomic E-state index is 0.682. The van der Waals surface area contributed by atoms with Crippen molar-refractivity contribution in [1.82, 2.24) is 14.6 Å². The van der Waals surface area contributed by atoms with Crippen molar-refractivity contribution < 1.29 is 0 Å². The van der Waals surface area contributed by atoms with Crippen LogP contribution < -0.4 is 5.32 Å². The third kappa shape index (κ3) is 3.45. The summed E-state index contributed by atoms with van der Waals surface area (Å²) in [5, 5.41) is 17.3. The maximum absolute atomic E-state index is 9.30. The number of anilines is 1. The van der Waals surface area contributed by atoms with Gasteiger partial charge in [-0.1, -0.05) is 49.4 Å². The van der Waals surface area contributed by atoms with E-state index in [9.17, 15) is 5.26 Å². The van der Waals surface area contributed by atoms with Crippen molar-refractivity contribution in [2.24, 2.45) is 0 Å². The molecule has 0 radical (unpaired) electrons. The van der Waals surface area contributed by atoms with E-state index in [4.69, 9.17) is 0 Å². The first-order valence-electron chi connectivity index (χ1n) is 9.36. The fraction of sp³-hybridized carbons (Fsp3) is 0.174. The Labute approximate surface area is 164 Å². The van der Waals surface area contributed by atoms with Gasteiger partial charge in [0.15, 0.2) is 5.65 Å². The van der Waals surface area contributed by atoms with Crippen LogP contribution in [0.4, 0.5) is 5.82 Å². The molecule has 5 heteroatoms. The van der Waals surface area contributed by atoms with Gasteiger partial charge < -0.3 is 5.32 Å². The Balaban J connectivity index is 1.56. The summed E-state index contributed by atoms with van der Waals surface area (Å²) >= 11 is 0. The van der Waals surface area contributed by atoms with Gasteiger partial charge in [-0.25, -0.2) is 4.98 Å². The van der Waals surface area contributed by atoms with E-state index in [0.29, 0.717) is 12.1 Å². The first-order chi connectivity index (χ1) is 13.7. The molecule has 0 aliphatic heterocycles. The van der Waals surface area contributed by atoms with Crippen LogP contribution in [-0.4, -0.2) is 14.6 Å². The molecular formula is C23H21N5. The minimum absolute atomic E-state index is 0.682. The predicted octanol–water partition coefficient (Wildman–Crippen LogP) is 4.75. The van der Waals surface area contributed by atoms with E-state index in [1.807, 2.05) is 41.8 Å². The highest BCUT2D eigenvalue weighted by molar-refractivity contribution is 5.70. The highest BCUT2D eigenvalue weighted by atomic mass is 15.3. The maximum atomic E-state index is 9.30. The molecule has 0 spiro atoms. The van der Waals surface area contributed by atoms with Gasteiger partial charge in [0.25, 0.3) is 0 Å². The van der Waals surface area contributed by atoms with Crippen LogP contribution in [0.25, 0.3) is 16.8 Å². The number of hydrogen-bond acceptors (Lipinski definition) is 4. The molecule has 2 aromatic heterocycles. The van der Waals surface area contributed by atoms with Crippen LogP contribution >= 0.6 is 0 Å². The normalized spacial score (nSPS) is 10.8. The van der Waals surface area contributed by atoms with Crippen LogP contribution in [0.15, 0.2) is 60.7 Å². The summed E-state index contributed by atoms with van der Waals surface area (Å²) in [5.74, 6) is 0.939. The second kappa shape index (κ2) is 7.53. The SMILES string of the molecule is CCc1cc(NCc2ccc(-c3ccccc3C#N)cc2)n2nc(C)cc2n1. The summed E-state index contributed by atoms with van der Waals surface area (Å²) in [6, 6.07) is 22.3. The smallest absolute Gasteiger partial charge is 0.157 e. The highest BCUT2D eigenvalue weighted by Crippen LogP contribution is 2.24. The molecule has 0 atom stereocenters. The second-order valence-corrected chi connectivity index (χ2v) is 6.75. The Morgan fingerprint density at radius 1 is 1.07 bits per heavy atom. The molecule has 2 heterocycles. The van der Waals surface area contributed by atoms with E-state index in [1.54, 1.807) is 0 Å². The Morgan fingerprint density at radius 3 is 2.61 bits per heavy atom. The van der Waals surface area contributed by atoms with Crippen LogP contribution in [0, 0.1) is 18.3 Å². The van der Waals surface area contributed by atoms with Crippen molar-refractivity contribution in [3.05, 3.63) is 83.2 Å². The molecule has 4 aromatic rings. The summed E-state index contributed by atoms with van der Waals surface area (Å²) in [4.78, 5) is 4.63. The number of hydrogen-bond donors (Lipinski definition) is 1. The molecule has 0 saturated heterocycles. The zero-order valence-corrected chi connectivity index (χ0v) is 16.0. The van der Waals surface area contributed by atoms with Crippen molar-refractivity contribution in [3.63, 3.8) is 0 Å². The van der Waals surface area contributed by atoms with Crippen LogP contribution in [0.3, 0.4) is 0 Å². The van der Waals surface area contributed by atoms with E-state index in [-0.39, 0.29) is 0 Å². The lowest BCUT2D eigenvalue weighted by molar-refractivity contribution is 0.889. The number of nitrogens with one attached hydrogen (secondary N) is 1. The van der Waals surface area contributed by atoms with Crippen molar-refractivity contribution in [2.75, 3.05) is 5.32 Å². The molecule has 138 valence electrons. The van der Waals surface area contributed by atoms with E-state index < -0.39 is 0 Å². The number of fused-ring (bicyclic) bond motifs is 1. The molecule has 0 aliphatic carbocycles. The fourth-order valence-electron chi connectivity index (χ4n) is 3.28. The zero-order chi connectivity index (χ0) is 19.5. The third-order valence-corrected chi connectivity index (χ3v) is 4.75. The van der Waals surface area contributed by atoms with Crippen LogP contribution in [0.5, 0.6) is 0 Å². The lowest BCUT2D eigenvalue weighted by atomic mass is 9.99. The average Bonchev–Trinajstić information content (AvgIpc) is 3.12. The Morgan fingerprint density at radius 2 is 1.86 bits per heavy atom. The first kappa shape index (κ1) is 17.7. The maximum Gasteiger partial charge on any atom is 0.157 e. The summed E-state index contributed by atoms with van der Waals surface area (Å²) < 4.78 is 1.85. The Bertz CT molecular complexity index is 1170. The molecule has 28 heavy (non-hydrogen) atoms. The van der Waals surface area contributed by atoms with E-state index in [2.05, 4.69) is 58.7 Å². The number of benzene rings is 2. The van der Waals surface area contributed by atoms with Gasteiger partial charge in [0.1, 0.15) is 5.82 Å². The molecule has 0 fully saturated rings. The molecule has 4 rings (SSSR count). The van der Waals surface area contributed by atoms with E-state index in [0.717, 1.165) is 46.0 Å². The summed E-state index contributed by atoms with van der Waals surface area (Å²) in [6.07, 6.45) is 0.877. The van der Waals surface area contributed by atoms with Gasteiger partial charge in [0, 0.05) is 24.4 Å². The minimum Gasteiger partial charge on any atom is -0.366 e. The lowest BCUT2D eigenvalue weighted by Gasteiger charge is -2.11. The number of nitriles is 1. The fourth-order valence-corrected chi connectivity index (χ4v) is 3.28. The summed E-state index contributed by atoms with van der Waals surface area (Å²) in [7, 11) is 0. The van der Waals surface area contributed by atoms with Gasteiger partial charge in [0.2, 0.25) is 0 Å². The number of aromatic nitrogens is 3. The third-order valence-electron chi connectivity index (χ3n) is 4.75. The van der Waals surface area contributed by atoms with Gasteiger partial charge in [-0.3, -0.25) is 0 Å². The molecule has 0 bridgehead atoms. The standard InChI is InChI=1S/C23H21N5/c1-3-20-13-22(28-23(26-20)12-16(2)27-28)25-15-17-8-10-18(11-9-17)21-7-5-4-6-19(21)14-24/h4-13,25H,3,15H2,1-2H3. The van der Waals surface area contributed by atoms with Gasteiger partial charge in [0.05, 0.1) is 17.3 Å². The summed E-state index contributed by atoms with van der Waals surface area (Å²) in [6.45, 7) is 4.76. The van der Waals surface area contributed by atoms with E-state index in [1.165, 1.54) is 0 Å². The second-order valence-electron chi connectivity index (χ2n) is 6.75. The zero-order valence-electron chi connectivity index (χ0n) is 16.0. The van der Waals surface area contributed by atoms with Crippen molar-refractivity contribution in [2.45, 2.75) is 26.8 Å². The molecule has 0 saturated carbocycles. The van der Waals surface area contributed by atoms with E-state index >= 15 is 0 Å². The van der Waals surface area contributed by atoms with Gasteiger partial charge >= 0.3 is 0 Å². The van der Waals surface area contributed by atoms with Gasteiger partial charge in [-0.05, 0) is 36.1 Å². The quantitative estimate of drug-likeness (QED) is 0.553. The molecule has 0 unspecified atom stereocenters. The molecule has 2 aromatic carbocycles. The number of aryl methyl sites for hydroxylation is 2. The van der Waals surface area contributed by atoms with Crippen LogP contribution in [0.2, 0.25) is 0 Å². The Kier molecular flexibility index (Phi) is 4.77. The van der Waals surface area contributed by atoms with Crippen molar-refractivity contribution in [1.29, 1.82) is 5.26 Å². The molecule has 0 aliphatic rings. The molecule has 0 amide bonds. The molecular weight excluding hydrogens is 346 g/mol. The Hall–Kier alpha value is -3.65. The number of nitrogens with zero attached hydrogens (tertiary/aromatic N) is 4. The molecule has 1 N–H and O–H groups in total. The van der Waals surface area contributed by atoms with Gasteiger partial charge in [-0.15, -0.1) is 0 Å². The van der Waals surface area contributed by atoms with Crippen LogP contribution in [0.1, 0.15) is 29.4 Å². The van der Waals surface area contributed by atoms with Gasteiger partial charge in [-0.2, -0.15) is 14.9 Å². The largest absolute Gasteiger partial charge is 0.366 e. The summed E-state index contributed by atoms with van der Waals surface area (Å²) in [5.41, 5.74) is 6.70.